The molecule has 1 unspecified atom stereocenters. The molecule has 0 aliphatic carbocycles. The molecule has 2 fully saturated rings. The Balaban J connectivity index is 0.000000500. The fourth-order valence-corrected chi connectivity index (χ4v) is 1.84. The first-order chi connectivity index (χ1) is 4.47. The van der Waals surface area contributed by atoms with Crippen molar-refractivity contribution in [2.45, 2.75) is 18.9 Å². The monoisotopic (exact) mass is 179 g/mol. The number of hydrogen-bond acceptors (Lipinski definition) is 1. The van der Waals surface area contributed by atoms with Crippen LogP contribution in [0.4, 0.5) is 0 Å². The van der Waals surface area contributed by atoms with Crippen molar-refractivity contribution in [3.63, 3.8) is 0 Å². The Bertz CT molecular complexity index is 96.3. The van der Waals surface area contributed by atoms with E-state index in [1.165, 1.54) is 25.9 Å². The maximum Gasteiger partial charge on any atom is 1.00 e. The first kappa shape index (κ1) is 12.6. The normalized spacial score (nSPS) is 30.0. The first-order valence-corrected chi connectivity index (χ1v) is 3.84. The summed E-state index contributed by atoms with van der Waals surface area (Å²) < 4.78 is 0. The summed E-state index contributed by atoms with van der Waals surface area (Å²) >= 11 is 0. The van der Waals surface area contributed by atoms with Crippen LogP contribution in [-0.4, -0.2) is 37.1 Å². The summed E-state index contributed by atoms with van der Waals surface area (Å²) in [5.41, 5.74) is 0. The second-order valence-corrected chi connectivity index (χ2v) is 2.96. The van der Waals surface area contributed by atoms with Crippen molar-refractivity contribution < 1.29 is 51.4 Å². The van der Waals surface area contributed by atoms with Crippen molar-refractivity contribution in [2.75, 3.05) is 26.2 Å². The zero-order valence-electron chi connectivity index (χ0n) is 7.71. The van der Waals surface area contributed by atoms with Gasteiger partial charge >= 0.3 is 51.4 Å². The summed E-state index contributed by atoms with van der Waals surface area (Å²) in [4.78, 5) is 2.58. The quantitative estimate of drug-likeness (QED) is 0.320. The predicted molar refractivity (Wildman–Crippen MR) is 44.1 cm³/mol. The molecule has 0 aromatic carbocycles. The molecule has 0 aromatic rings. The van der Waals surface area contributed by atoms with Gasteiger partial charge in [0.2, 0.25) is 0 Å². The molecule has 0 saturated carbocycles. The van der Waals surface area contributed by atoms with Crippen molar-refractivity contribution in [1.82, 2.24) is 4.90 Å². The number of hydrogen-bond donors (Lipinski definition) is 0. The van der Waals surface area contributed by atoms with Crippen LogP contribution in [0.15, 0.2) is 0 Å². The molecule has 2 nitrogen and oxygen atoms in total. The van der Waals surface area contributed by atoms with E-state index in [1.807, 2.05) is 0 Å². The van der Waals surface area contributed by atoms with Crippen LogP contribution in [0.3, 0.4) is 0 Å². The average Bonchev–Trinajstić information content (AvgIpc) is 2.33. The van der Waals surface area contributed by atoms with Gasteiger partial charge in [0, 0.05) is 0 Å². The summed E-state index contributed by atoms with van der Waals surface area (Å²) in [5, 5.41) is 4.38. The number of piperazine rings is 1. The van der Waals surface area contributed by atoms with Crippen LogP contribution in [0.5, 0.6) is 0 Å². The van der Waals surface area contributed by atoms with Crippen LogP contribution in [0, 0.1) is 7.43 Å². The zero-order chi connectivity index (χ0) is 6.10. The van der Waals surface area contributed by atoms with Gasteiger partial charge in [-0.2, -0.15) is 0 Å². The molecule has 2 aliphatic rings. The summed E-state index contributed by atoms with van der Waals surface area (Å²) in [5.74, 6) is 0. The van der Waals surface area contributed by atoms with Crippen LogP contribution in [-0.2, 0) is 0 Å². The summed E-state index contributed by atoms with van der Waals surface area (Å²) in [6.45, 7) is 4.75. The summed E-state index contributed by atoms with van der Waals surface area (Å²) in [6.07, 6.45) is 2.80. The molecule has 0 aromatic heterocycles. The van der Waals surface area contributed by atoms with Crippen LogP contribution < -0.4 is 51.4 Å². The van der Waals surface area contributed by atoms with Crippen molar-refractivity contribution in [1.29, 1.82) is 0 Å². The summed E-state index contributed by atoms with van der Waals surface area (Å²) in [6, 6.07) is 0.832. The molecule has 60 valence electrons. The van der Waals surface area contributed by atoms with E-state index in [1.54, 1.807) is 0 Å². The van der Waals surface area contributed by atoms with Gasteiger partial charge in [-0.25, -0.2) is 0 Å². The summed E-state index contributed by atoms with van der Waals surface area (Å²) in [7, 11) is 0. The standard InChI is InChI=1S/C7H13N2.CH3.K/c1-2-7-6-8-3-5-9(7)4-1;;/h7H,1-6H2;1H3;/q2*-1;+1. The molecule has 11 heavy (non-hydrogen) atoms. The van der Waals surface area contributed by atoms with Crippen LogP contribution in [0.2, 0.25) is 0 Å². The molecule has 0 radical (unpaired) electrons. The molecular weight excluding hydrogens is 163 g/mol. The molecule has 3 heteroatoms. The molecule has 2 heterocycles. The zero-order valence-corrected chi connectivity index (χ0v) is 10.8. The van der Waals surface area contributed by atoms with E-state index in [9.17, 15) is 0 Å². The number of fused-ring (bicyclic) bond motifs is 1. The van der Waals surface area contributed by atoms with Crippen LogP contribution in [0.1, 0.15) is 12.8 Å². The fourth-order valence-electron chi connectivity index (χ4n) is 1.84. The van der Waals surface area contributed by atoms with E-state index >= 15 is 0 Å². The van der Waals surface area contributed by atoms with Crippen molar-refractivity contribution in [2.24, 2.45) is 0 Å². The molecule has 0 spiro atoms. The smallest absolute Gasteiger partial charge is 0.660 e. The van der Waals surface area contributed by atoms with E-state index in [-0.39, 0.29) is 58.8 Å². The van der Waals surface area contributed by atoms with Gasteiger partial charge in [0.15, 0.2) is 0 Å². The van der Waals surface area contributed by atoms with E-state index < -0.39 is 0 Å². The van der Waals surface area contributed by atoms with E-state index in [4.69, 9.17) is 0 Å². The van der Waals surface area contributed by atoms with Gasteiger partial charge in [0.25, 0.3) is 0 Å². The molecular formula is C8H16KN2-. The Labute approximate surface area is 113 Å². The third-order valence-electron chi connectivity index (χ3n) is 2.38. The van der Waals surface area contributed by atoms with E-state index in [2.05, 4.69) is 10.2 Å². The molecule has 2 saturated heterocycles. The van der Waals surface area contributed by atoms with E-state index in [0.29, 0.717) is 0 Å². The Kier molecular flexibility index (Phi) is 6.94. The van der Waals surface area contributed by atoms with Crippen LogP contribution in [0.25, 0.3) is 5.32 Å². The number of nitrogens with zero attached hydrogens (tertiary/aromatic N) is 2. The van der Waals surface area contributed by atoms with Gasteiger partial charge in [-0.3, -0.25) is 0 Å². The van der Waals surface area contributed by atoms with Crippen LogP contribution >= 0.6 is 0 Å². The fraction of sp³-hybridized carbons (Fsp3) is 0.875. The van der Waals surface area contributed by atoms with Crippen molar-refractivity contribution >= 4 is 0 Å². The minimum absolute atomic E-state index is 0. The third kappa shape index (κ3) is 3.06. The average molecular weight is 179 g/mol. The molecule has 1 atom stereocenters. The Hall–Kier alpha value is 1.56. The maximum atomic E-state index is 4.38. The largest absolute Gasteiger partial charge is 1.00 e. The minimum atomic E-state index is 0. The molecule has 2 aliphatic heterocycles. The number of rotatable bonds is 0. The Morgan fingerprint density at radius 2 is 2.09 bits per heavy atom. The van der Waals surface area contributed by atoms with Crippen molar-refractivity contribution in [3.8, 4) is 0 Å². The van der Waals surface area contributed by atoms with Gasteiger partial charge in [-0.15, -0.1) is 13.1 Å². The maximum absolute atomic E-state index is 4.38. The third-order valence-corrected chi connectivity index (χ3v) is 2.38. The predicted octanol–water partition coefficient (Wildman–Crippen LogP) is -1.71. The van der Waals surface area contributed by atoms with E-state index in [0.717, 1.165) is 19.1 Å². The molecule has 0 bridgehead atoms. The van der Waals surface area contributed by atoms with Crippen molar-refractivity contribution in [3.05, 3.63) is 12.7 Å². The Morgan fingerprint density at radius 3 is 2.82 bits per heavy atom. The van der Waals surface area contributed by atoms with Gasteiger partial charge in [-0.05, 0) is 32.0 Å². The second-order valence-electron chi connectivity index (χ2n) is 2.96. The van der Waals surface area contributed by atoms with Gasteiger partial charge in [-0.1, -0.05) is 0 Å². The van der Waals surface area contributed by atoms with Gasteiger partial charge < -0.3 is 17.6 Å². The second kappa shape index (κ2) is 6.08. The van der Waals surface area contributed by atoms with Gasteiger partial charge in [0.05, 0.1) is 0 Å². The molecule has 0 amide bonds. The molecule has 2 rings (SSSR count). The SMILES string of the molecule is C1CC2C[N-]CCN2C1.[CH3-].[K+]. The molecule has 0 N–H and O–H groups in total. The first-order valence-electron chi connectivity index (χ1n) is 3.84. The Morgan fingerprint density at radius 1 is 1.27 bits per heavy atom. The minimum Gasteiger partial charge on any atom is -0.660 e. The topological polar surface area (TPSA) is 17.3 Å². The van der Waals surface area contributed by atoms with Gasteiger partial charge in [0.1, 0.15) is 0 Å².